The molecule has 6 heteroatoms. The number of carbonyl (C=O) groups is 1. The molecule has 1 aromatic heterocycles. The van der Waals surface area contributed by atoms with E-state index in [1.54, 1.807) is 12.1 Å². The lowest BCUT2D eigenvalue weighted by molar-refractivity contribution is -0.137. The van der Waals surface area contributed by atoms with Gasteiger partial charge >= 0.3 is 6.18 Å². The summed E-state index contributed by atoms with van der Waals surface area (Å²) in [5, 5.41) is 0. The number of aromatic nitrogens is 1. The molecule has 2 aromatic rings. The first-order chi connectivity index (χ1) is 8.89. The molecular formula is C13H9F3N2O. The Morgan fingerprint density at radius 1 is 1.05 bits per heavy atom. The van der Waals surface area contributed by atoms with Crippen LogP contribution in [0.5, 0.6) is 0 Å². The van der Waals surface area contributed by atoms with Gasteiger partial charge in [0.2, 0.25) is 5.91 Å². The van der Waals surface area contributed by atoms with Gasteiger partial charge in [0.1, 0.15) is 0 Å². The van der Waals surface area contributed by atoms with Gasteiger partial charge in [0.25, 0.3) is 0 Å². The molecule has 0 fully saturated rings. The van der Waals surface area contributed by atoms with Crippen LogP contribution in [-0.4, -0.2) is 10.9 Å². The van der Waals surface area contributed by atoms with Crippen molar-refractivity contribution in [3.8, 4) is 11.1 Å². The van der Waals surface area contributed by atoms with Crippen molar-refractivity contribution < 1.29 is 18.0 Å². The summed E-state index contributed by atoms with van der Waals surface area (Å²) in [7, 11) is 0. The number of nitrogens with two attached hydrogens (primary N) is 1. The van der Waals surface area contributed by atoms with E-state index in [2.05, 4.69) is 4.98 Å². The van der Waals surface area contributed by atoms with Crippen molar-refractivity contribution in [1.29, 1.82) is 0 Å². The average molecular weight is 266 g/mol. The van der Waals surface area contributed by atoms with E-state index >= 15 is 0 Å². The van der Waals surface area contributed by atoms with Crippen LogP contribution < -0.4 is 5.73 Å². The van der Waals surface area contributed by atoms with E-state index in [-0.39, 0.29) is 0 Å². The van der Waals surface area contributed by atoms with E-state index in [4.69, 9.17) is 5.73 Å². The quantitative estimate of drug-likeness (QED) is 0.908. The van der Waals surface area contributed by atoms with Gasteiger partial charge in [-0.25, -0.2) is 0 Å². The van der Waals surface area contributed by atoms with Crippen molar-refractivity contribution >= 4 is 5.91 Å². The van der Waals surface area contributed by atoms with Gasteiger partial charge < -0.3 is 5.73 Å². The Morgan fingerprint density at radius 3 is 2.21 bits per heavy atom. The molecule has 2 rings (SSSR count). The second-order valence-electron chi connectivity index (χ2n) is 3.86. The highest BCUT2D eigenvalue weighted by molar-refractivity contribution is 5.95. The van der Waals surface area contributed by atoms with Crippen molar-refractivity contribution in [3.05, 3.63) is 53.9 Å². The summed E-state index contributed by atoms with van der Waals surface area (Å²) in [6, 6.07) is 6.58. The highest BCUT2D eigenvalue weighted by Gasteiger charge is 2.35. The summed E-state index contributed by atoms with van der Waals surface area (Å²) in [4.78, 5) is 14.8. The number of rotatable bonds is 2. The summed E-state index contributed by atoms with van der Waals surface area (Å²) >= 11 is 0. The first-order valence-corrected chi connectivity index (χ1v) is 5.31. The third-order valence-corrected chi connectivity index (χ3v) is 2.60. The molecule has 1 amide bonds. The third kappa shape index (κ3) is 2.73. The van der Waals surface area contributed by atoms with E-state index in [1.807, 2.05) is 0 Å². The number of pyridine rings is 1. The Labute approximate surface area is 106 Å². The van der Waals surface area contributed by atoms with Crippen LogP contribution in [-0.2, 0) is 6.18 Å². The molecule has 0 unspecified atom stereocenters. The number of benzene rings is 1. The van der Waals surface area contributed by atoms with Crippen LogP contribution in [0.4, 0.5) is 13.2 Å². The maximum Gasteiger partial charge on any atom is 0.417 e. The van der Waals surface area contributed by atoms with Crippen LogP contribution in [0, 0.1) is 0 Å². The first kappa shape index (κ1) is 13.1. The van der Waals surface area contributed by atoms with E-state index in [0.29, 0.717) is 11.1 Å². The van der Waals surface area contributed by atoms with Crippen LogP contribution >= 0.6 is 0 Å². The van der Waals surface area contributed by atoms with Gasteiger partial charge in [-0.1, -0.05) is 6.07 Å². The molecule has 0 atom stereocenters. The smallest absolute Gasteiger partial charge is 0.366 e. The third-order valence-electron chi connectivity index (χ3n) is 2.60. The fourth-order valence-electron chi connectivity index (χ4n) is 1.72. The van der Waals surface area contributed by atoms with Gasteiger partial charge in [0.05, 0.1) is 11.1 Å². The van der Waals surface area contributed by atoms with Crippen molar-refractivity contribution in [2.45, 2.75) is 6.18 Å². The van der Waals surface area contributed by atoms with Gasteiger partial charge in [-0.05, 0) is 35.4 Å². The Balaban J connectivity index is 2.60. The molecule has 1 aromatic carbocycles. The van der Waals surface area contributed by atoms with E-state index in [1.165, 1.54) is 18.5 Å². The van der Waals surface area contributed by atoms with Crippen molar-refractivity contribution in [2.24, 2.45) is 5.73 Å². The Morgan fingerprint density at radius 2 is 1.68 bits per heavy atom. The van der Waals surface area contributed by atoms with Crippen molar-refractivity contribution in [3.63, 3.8) is 0 Å². The topological polar surface area (TPSA) is 56.0 Å². The lowest BCUT2D eigenvalue weighted by atomic mass is 9.99. The number of hydrogen-bond donors (Lipinski definition) is 1. The van der Waals surface area contributed by atoms with Crippen molar-refractivity contribution in [1.82, 2.24) is 4.98 Å². The summed E-state index contributed by atoms with van der Waals surface area (Å²) in [5.74, 6) is -1.10. The summed E-state index contributed by atoms with van der Waals surface area (Å²) in [6.07, 6.45) is -1.68. The van der Waals surface area contributed by atoms with Crippen molar-refractivity contribution in [2.75, 3.05) is 0 Å². The Kier molecular flexibility index (Phi) is 3.25. The number of carbonyl (C=O) groups excluding carboxylic acids is 1. The van der Waals surface area contributed by atoms with Gasteiger partial charge in [-0.15, -0.1) is 0 Å². The number of nitrogens with zero attached hydrogens (tertiary/aromatic N) is 1. The second kappa shape index (κ2) is 4.72. The molecule has 0 spiro atoms. The van der Waals surface area contributed by atoms with Crippen LogP contribution in [0.3, 0.4) is 0 Å². The summed E-state index contributed by atoms with van der Waals surface area (Å²) in [5.41, 5.74) is 4.31. The molecule has 19 heavy (non-hydrogen) atoms. The Bertz CT molecular complexity index is 609. The predicted molar refractivity (Wildman–Crippen MR) is 63.2 cm³/mol. The lowest BCUT2D eigenvalue weighted by Crippen LogP contribution is -2.18. The molecule has 98 valence electrons. The van der Waals surface area contributed by atoms with Gasteiger partial charge in [-0.2, -0.15) is 13.2 Å². The highest BCUT2D eigenvalue weighted by Crippen LogP contribution is 2.34. The number of alkyl halides is 3. The van der Waals surface area contributed by atoms with Gasteiger partial charge in [0.15, 0.2) is 0 Å². The van der Waals surface area contributed by atoms with Crippen LogP contribution in [0.1, 0.15) is 15.9 Å². The van der Waals surface area contributed by atoms with Crippen LogP contribution in [0.25, 0.3) is 11.1 Å². The standard InChI is InChI=1S/C13H9F3N2O/c14-13(15,16)11-7-9(1-2-10(11)12(17)19)8-3-5-18-6-4-8/h1-7H,(H2,17,19). The van der Waals surface area contributed by atoms with Gasteiger partial charge in [-0.3, -0.25) is 9.78 Å². The first-order valence-electron chi connectivity index (χ1n) is 5.31. The molecule has 0 aliphatic heterocycles. The van der Waals surface area contributed by atoms with Gasteiger partial charge in [0, 0.05) is 12.4 Å². The molecule has 1 heterocycles. The highest BCUT2D eigenvalue weighted by atomic mass is 19.4. The zero-order valence-electron chi connectivity index (χ0n) is 9.61. The fourth-order valence-corrected chi connectivity index (χ4v) is 1.72. The minimum Gasteiger partial charge on any atom is -0.366 e. The van der Waals surface area contributed by atoms with E-state index in [9.17, 15) is 18.0 Å². The largest absolute Gasteiger partial charge is 0.417 e. The predicted octanol–water partition coefficient (Wildman–Crippen LogP) is 2.87. The SMILES string of the molecule is NC(=O)c1ccc(-c2ccncc2)cc1C(F)(F)F. The fraction of sp³-hybridized carbons (Fsp3) is 0.0769. The summed E-state index contributed by atoms with van der Waals surface area (Å²) < 4.78 is 38.7. The number of amides is 1. The molecule has 0 aliphatic carbocycles. The molecule has 2 N–H and O–H groups in total. The number of primary amides is 1. The minimum atomic E-state index is -4.63. The normalized spacial score (nSPS) is 11.3. The lowest BCUT2D eigenvalue weighted by Gasteiger charge is -2.12. The maximum atomic E-state index is 12.9. The maximum absolute atomic E-state index is 12.9. The zero-order valence-corrected chi connectivity index (χ0v) is 9.61. The van der Waals surface area contributed by atoms with E-state index in [0.717, 1.165) is 12.1 Å². The van der Waals surface area contributed by atoms with Crippen LogP contribution in [0.2, 0.25) is 0 Å². The second-order valence-corrected chi connectivity index (χ2v) is 3.86. The Hall–Kier alpha value is -2.37. The molecular weight excluding hydrogens is 257 g/mol. The molecule has 0 saturated carbocycles. The molecule has 0 saturated heterocycles. The number of hydrogen-bond acceptors (Lipinski definition) is 2. The molecule has 0 bridgehead atoms. The molecule has 0 aliphatic rings. The van der Waals surface area contributed by atoms with Crippen LogP contribution in [0.15, 0.2) is 42.7 Å². The zero-order chi connectivity index (χ0) is 14.0. The minimum absolute atomic E-state index is 0.347. The average Bonchev–Trinajstić information content (AvgIpc) is 2.38. The number of halogens is 3. The molecule has 3 nitrogen and oxygen atoms in total. The van der Waals surface area contributed by atoms with E-state index < -0.39 is 23.2 Å². The molecule has 0 radical (unpaired) electrons. The monoisotopic (exact) mass is 266 g/mol. The summed E-state index contributed by atoms with van der Waals surface area (Å²) in [6.45, 7) is 0.